The van der Waals surface area contributed by atoms with Crippen molar-refractivity contribution in [1.82, 2.24) is 9.78 Å². The Hall–Kier alpha value is -3.01. The van der Waals surface area contributed by atoms with Gasteiger partial charge in [-0.1, -0.05) is 24.3 Å². The molecule has 0 saturated heterocycles. The van der Waals surface area contributed by atoms with E-state index in [1.807, 2.05) is 6.07 Å². The molecule has 28 heavy (non-hydrogen) atoms. The highest BCUT2D eigenvalue weighted by Crippen LogP contribution is 2.33. The molecule has 2 aromatic carbocycles. The van der Waals surface area contributed by atoms with E-state index in [9.17, 15) is 18.0 Å². The number of alkyl halides is 3. The van der Waals surface area contributed by atoms with Crippen LogP contribution in [0.15, 0.2) is 59.2 Å². The molecule has 6 nitrogen and oxygen atoms in total. The number of aromatic nitrogens is 2. The zero-order chi connectivity index (χ0) is 20.3. The Morgan fingerprint density at radius 3 is 2.61 bits per heavy atom. The van der Waals surface area contributed by atoms with Gasteiger partial charge in [0.2, 0.25) is 6.41 Å². The van der Waals surface area contributed by atoms with Crippen LogP contribution in [0.4, 0.5) is 24.5 Å². The summed E-state index contributed by atoms with van der Waals surface area (Å²) in [5, 5.41) is 5.07. The van der Waals surface area contributed by atoms with Crippen LogP contribution in [0.5, 0.6) is 5.75 Å². The molecule has 10 heteroatoms. The number of ether oxygens (including phenoxy) is 1. The maximum absolute atomic E-state index is 12.6. The largest absolute Gasteiger partial charge is 0.573 e. The van der Waals surface area contributed by atoms with E-state index in [2.05, 4.69) is 31.2 Å². The minimum absolute atomic E-state index is 0.0815. The SMILES string of the molecule is Cn1ncc(Br)c1-c1cccc(NN(C=O)c2ccccc2OC(F)(F)F)c1. The summed E-state index contributed by atoms with van der Waals surface area (Å²) in [4.78, 5) is 11.6. The minimum atomic E-state index is -4.88. The van der Waals surface area contributed by atoms with Gasteiger partial charge < -0.3 is 4.74 Å². The smallest absolute Gasteiger partial charge is 0.403 e. The first-order valence-corrected chi connectivity index (χ1v) is 8.71. The van der Waals surface area contributed by atoms with Crippen molar-refractivity contribution in [3.05, 3.63) is 59.2 Å². The molecule has 1 heterocycles. The molecule has 1 N–H and O–H groups in total. The molecule has 0 atom stereocenters. The van der Waals surface area contributed by atoms with Crippen molar-refractivity contribution in [2.45, 2.75) is 6.36 Å². The number of anilines is 2. The number of hydrogen-bond acceptors (Lipinski definition) is 4. The second-order valence-electron chi connectivity index (χ2n) is 5.65. The molecule has 0 fully saturated rings. The number of rotatable bonds is 6. The summed E-state index contributed by atoms with van der Waals surface area (Å²) in [5.41, 5.74) is 4.79. The summed E-state index contributed by atoms with van der Waals surface area (Å²) >= 11 is 3.42. The van der Waals surface area contributed by atoms with Crippen molar-refractivity contribution in [2.24, 2.45) is 7.05 Å². The fraction of sp³-hybridized carbons (Fsp3) is 0.111. The number of amides is 1. The van der Waals surface area contributed by atoms with Gasteiger partial charge in [0.25, 0.3) is 0 Å². The molecule has 0 aliphatic heterocycles. The van der Waals surface area contributed by atoms with Crippen LogP contribution >= 0.6 is 15.9 Å². The fourth-order valence-electron chi connectivity index (χ4n) is 2.62. The van der Waals surface area contributed by atoms with E-state index in [0.717, 1.165) is 26.8 Å². The van der Waals surface area contributed by atoms with Crippen LogP contribution in [-0.2, 0) is 11.8 Å². The molecule has 3 rings (SSSR count). The Morgan fingerprint density at radius 1 is 1.21 bits per heavy atom. The second-order valence-corrected chi connectivity index (χ2v) is 6.50. The zero-order valence-corrected chi connectivity index (χ0v) is 16.0. The predicted octanol–water partition coefficient (Wildman–Crippen LogP) is 4.74. The Balaban J connectivity index is 1.91. The summed E-state index contributed by atoms with van der Waals surface area (Å²) in [6.45, 7) is 0. The molecule has 1 aromatic heterocycles. The number of aryl methyl sites for hydroxylation is 1. The number of halogens is 4. The summed E-state index contributed by atoms with van der Waals surface area (Å²) in [5.74, 6) is -0.500. The van der Waals surface area contributed by atoms with E-state index in [4.69, 9.17) is 0 Å². The van der Waals surface area contributed by atoms with Crippen LogP contribution < -0.4 is 15.2 Å². The van der Waals surface area contributed by atoms with Crippen LogP contribution in [0, 0.1) is 0 Å². The quantitative estimate of drug-likeness (QED) is 0.431. The molecule has 0 aliphatic carbocycles. The third-order valence-corrected chi connectivity index (χ3v) is 4.32. The zero-order valence-electron chi connectivity index (χ0n) is 14.4. The van der Waals surface area contributed by atoms with Gasteiger partial charge in [-0.25, -0.2) is 5.01 Å². The predicted molar refractivity (Wildman–Crippen MR) is 102 cm³/mol. The number of benzene rings is 2. The van der Waals surface area contributed by atoms with E-state index in [-0.39, 0.29) is 5.69 Å². The molecule has 146 valence electrons. The average molecular weight is 455 g/mol. The molecule has 0 radical (unpaired) electrons. The van der Waals surface area contributed by atoms with Gasteiger partial charge in [0.15, 0.2) is 5.75 Å². The van der Waals surface area contributed by atoms with Gasteiger partial charge in [0.05, 0.1) is 22.1 Å². The first-order valence-electron chi connectivity index (χ1n) is 7.92. The molecule has 0 bridgehead atoms. The van der Waals surface area contributed by atoms with Crippen LogP contribution in [0.1, 0.15) is 0 Å². The highest BCUT2D eigenvalue weighted by atomic mass is 79.9. The van der Waals surface area contributed by atoms with Crippen LogP contribution in [0.2, 0.25) is 0 Å². The molecule has 3 aromatic rings. The van der Waals surface area contributed by atoms with E-state index in [0.29, 0.717) is 12.1 Å². The highest BCUT2D eigenvalue weighted by Gasteiger charge is 2.32. The molecule has 0 unspecified atom stereocenters. The number of carbonyl (C=O) groups is 1. The lowest BCUT2D eigenvalue weighted by Gasteiger charge is -2.23. The lowest BCUT2D eigenvalue weighted by Crippen LogP contribution is -2.29. The lowest BCUT2D eigenvalue weighted by molar-refractivity contribution is -0.274. The van der Waals surface area contributed by atoms with Crippen LogP contribution in [0.25, 0.3) is 11.3 Å². The van der Waals surface area contributed by atoms with E-state index in [1.54, 1.807) is 36.1 Å². The van der Waals surface area contributed by atoms with Crippen LogP contribution in [0.3, 0.4) is 0 Å². The molecule has 0 aliphatic rings. The Kier molecular flexibility index (Phi) is 5.59. The molecule has 0 saturated carbocycles. The van der Waals surface area contributed by atoms with Crippen molar-refractivity contribution in [3.8, 4) is 17.0 Å². The van der Waals surface area contributed by atoms with Crippen molar-refractivity contribution in [3.63, 3.8) is 0 Å². The monoisotopic (exact) mass is 454 g/mol. The topological polar surface area (TPSA) is 59.4 Å². The Labute approximate surface area is 166 Å². The summed E-state index contributed by atoms with van der Waals surface area (Å²) in [6, 6.07) is 12.4. The molecule has 1 amide bonds. The lowest BCUT2D eigenvalue weighted by atomic mass is 10.1. The van der Waals surface area contributed by atoms with Gasteiger partial charge in [0.1, 0.15) is 5.69 Å². The highest BCUT2D eigenvalue weighted by molar-refractivity contribution is 9.10. The van der Waals surface area contributed by atoms with Crippen molar-refractivity contribution >= 4 is 33.7 Å². The average Bonchev–Trinajstić information content (AvgIpc) is 2.98. The van der Waals surface area contributed by atoms with Gasteiger partial charge in [-0.3, -0.25) is 14.9 Å². The third kappa shape index (κ3) is 4.45. The number of hydrogen-bond donors (Lipinski definition) is 1. The number of para-hydroxylation sites is 2. The summed E-state index contributed by atoms with van der Waals surface area (Å²) in [7, 11) is 1.78. The van der Waals surface area contributed by atoms with E-state index < -0.39 is 12.1 Å². The van der Waals surface area contributed by atoms with Crippen molar-refractivity contribution < 1.29 is 22.7 Å². The van der Waals surface area contributed by atoms with Gasteiger partial charge in [0, 0.05) is 12.6 Å². The Morgan fingerprint density at radius 2 is 1.96 bits per heavy atom. The van der Waals surface area contributed by atoms with Gasteiger partial charge in [-0.2, -0.15) is 5.10 Å². The van der Waals surface area contributed by atoms with Gasteiger partial charge in [-0.05, 0) is 40.2 Å². The molecular formula is C18H14BrF3N4O2. The maximum Gasteiger partial charge on any atom is 0.573 e. The number of nitrogens with zero attached hydrogens (tertiary/aromatic N) is 3. The normalized spacial score (nSPS) is 11.2. The van der Waals surface area contributed by atoms with E-state index in [1.165, 1.54) is 18.2 Å². The van der Waals surface area contributed by atoms with Crippen molar-refractivity contribution in [1.29, 1.82) is 0 Å². The summed E-state index contributed by atoms with van der Waals surface area (Å²) < 4.78 is 44.4. The Bertz CT molecular complexity index is 971. The second kappa shape index (κ2) is 7.93. The minimum Gasteiger partial charge on any atom is -0.403 e. The summed E-state index contributed by atoms with van der Waals surface area (Å²) in [6.07, 6.45) is -2.86. The maximum atomic E-state index is 12.6. The van der Waals surface area contributed by atoms with Gasteiger partial charge in [-0.15, -0.1) is 13.2 Å². The standard InChI is InChI=1S/C18H14BrF3N4O2/c1-25-17(14(19)10-23-25)12-5-4-6-13(9-12)24-26(11-27)15-7-2-3-8-16(15)28-18(20,21)22/h2-11,24H,1H3. The number of nitrogens with one attached hydrogen (secondary N) is 1. The van der Waals surface area contributed by atoms with Gasteiger partial charge >= 0.3 is 6.36 Å². The first-order chi connectivity index (χ1) is 13.3. The number of carbonyl (C=O) groups excluding carboxylic acids is 1. The fourth-order valence-corrected chi connectivity index (χ4v) is 3.20. The number of hydrazine groups is 1. The first kappa shape index (κ1) is 19.7. The van der Waals surface area contributed by atoms with E-state index >= 15 is 0 Å². The third-order valence-electron chi connectivity index (χ3n) is 3.74. The van der Waals surface area contributed by atoms with Crippen molar-refractivity contribution in [2.75, 3.05) is 10.4 Å². The molecule has 0 spiro atoms. The molecular weight excluding hydrogens is 441 g/mol. The van der Waals surface area contributed by atoms with Crippen LogP contribution in [-0.4, -0.2) is 22.6 Å².